The van der Waals surface area contributed by atoms with Crippen molar-refractivity contribution in [3.8, 4) is 5.75 Å². The largest absolute Gasteiger partial charge is 0.510 e. The summed E-state index contributed by atoms with van der Waals surface area (Å²) in [5.74, 6) is -7.60. The van der Waals surface area contributed by atoms with E-state index in [0.29, 0.717) is 17.7 Å². The van der Waals surface area contributed by atoms with E-state index >= 15 is 0 Å². The molecule has 1 aromatic heterocycles. The van der Waals surface area contributed by atoms with Gasteiger partial charge in [0.15, 0.2) is 17.1 Å². The number of fused-ring (bicyclic) bond motifs is 3. The first-order valence-electron chi connectivity index (χ1n) is 22.7. The van der Waals surface area contributed by atoms with Crippen LogP contribution in [0.5, 0.6) is 5.75 Å². The molecule has 0 radical (unpaired) electrons. The van der Waals surface area contributed by atoms with Gasteiger partial charge in [-0.15, -0.1) is 0 Å². The van der Waals surface area contributed by atoms with Crippen LogP contribution in [-0.4, -0.2) is 99.7 Å². The molecule has 0 bridgehead atoms. The van der Waals surface area contributed by atoms with Crippen LogP contribution in [-0.2, 0) is 20.8 Å². The summed E-state index contributed by atoms with van der Waals surface area (Å²) in [5, 5.41) is 51.9. The van der Waals surface area contributed by atoms with E-state index in [1.54, 1.807) is 39.2 Å². The number of likely N-dealkylation sites (N-methyl/N-ethyl adjacent to an activating group) is 1. The summed E-state index contributed by atoms with van der Waals surface area (Å²) in [6, 6.07) is 28.5. The number of phenols is 1. The molecule has 13 nitrogen and oxygen atoms in total. The number of aromatic hydroxyl groups is 1. The van der Waals surface area contributed by atoms with Gasteiger partial charge in [0.1, 0.15) is 17.1 Å². The number of pyridine rings is 1. The van der Waals surface area contributed by atoms with E-state index in [0.717, 1.165) is 51.1 Å². The number of hydrogen-bond acceptors (Lipinski definition) is 11. The van der Waals surface area contributed by atoms with E-state index in [9.17, 15) is 39.6 Å². The van der Waals surface area contributed by atoms with E-state index in [1.165, 1.54) is 20.9 Å². The molecule has 65 heavy (non-hydrogen) atoms. The Kier molecular flexibility index (Phi) is 14.3. The molecule has 0 aliphatic heterocycles. The number of carbonyl (C=O) groups excluding carboxylic acids is 4. The Labute approximate surface area is 381 Å². The van der Waals surface area contributed by atoms with Crippen molar-refractivity contribution in [1.82, 2.24) is 9.88 Å². The topological polar surface area (TPSA) is 207 Å². The maximum absolute atomic E-state index is 14.4. The molecule has 14 heteroatoms. The Hall–Kier alpha value is -5.88. The average molecular weight is 904 g/mol. The van der Waals surface area contributed by atoms with Crippen molar-refractivity contribution >= 4 is 58.1 Å². The van der Waals surface area contributed by atoms with E-state index in [2.05, 4.69) is 78.1 Å². The molecule has 0 saturated heterocycles. The zero-order valence-electron chi connectivity index (χ0n) is 37.7. The Morgan fingerprint density at radius 2 is 1.42 bits per heavy atom. The van der Waals surface area contributed by atoms with Crippen molar-refractivity contribution in [3.05, 3.63) is 125 Å². The van der Waals surface area contributed by atoms with E-state index in [1.807, 2.05) is 12.3 Å². The first-order valence-corrected chi connectivity index (χ1v) is 24.9. The number of nitrogens with one attached hydrogen (secondary N) is 1. The van der Waals surface area contributed by atoms with Gasteiger partial charge < -0.3 is 31.1 Å². The number of unbranched alkanes of at least 4 members (excludes halogenated alkanes) is 7. The van der Waals surface area contributed by atoms with Crippen LogP contribution in [0.4, 0.5) is 11.4 Å². The molecular weight excluding hydrogens is 842 g/mol. The predicted octanol–water partition coefficient (Wildman–Crippen LogP) is 5.76. The minimum Gasteiger partial charge on any atom is -0.510 e. The molecule has 0 spiro atoms. The fourth-order valence-electron chi connectivity index (χ4n) is 10.7. The second-order valence-electron chi connectivity index (χ2n) is 18.2. The van der Waals surface area contributed by atoms with Crippen molar-refractivity contribution in [1.29, 1.82) is 0 Å². The Morgan fingerprint density at radius 3 is 1.97 bits per heavy atom. The summed E-state index contributed by atoms with van der Waals surface area (Å²) in [6.07, 6.45) is 11.3. The van der Waals surface area contributed by atoms with Gasteiger partial charge in [0.05, 0.1) is 17.3 Å². The van der Waals surface area contributed by atoms with Crippen LogP contribution in [0, 0.1) is 11.8 Å². The zero-order chi connectivity index (χ0) is 46.6. The summed E-state index contributed by atoms with van der Waals surface area (Å²) in [4.78, 5) is 61.9. The third kappa shape index (κ3) is 8.81. The molecule has 3 aliphatic carbocycles. The van der Waals surface area contributed by atoms with Crippen molar-refractivity contribution in [2.45, 2.75) is 82.3 Å². The van der Waals surface area contributed by atoms with Gasteiger partial charge in [-0.05, 0) is 44.5 Å². The number of phenolic OH excluding ortho intramolecular Hbond substituents is 1. The summed E-state index contributed by atoms with van der Waals surface area (Å²) < 4.78 is 0. The van der Waals surface area contributed by atoms with Crippen LogP contribution in [0.2, 0.25) is 0 Å². The van der Waals surface area contributed by atoms with Gasteiger partial charge in [-0.1, -0.05) is 0 Å². The van der Waals surface area contributed by atoms with E-state index < -0.39 is 71.1 Å². The molecular formula is C51H62N5O8P. The molecule has 2 amide bonds. The number of amides is 2. The van der Waals surface area contributed by atoms with E-state index in [4.69, 9.17) is 10.7 Å². The maximum Gasteiger partial charge on any atom is 0.255 e. The molecule has 3 aromatic carbocycles. The third-order valence-electron chi connectivity index (χ3n) is 13.8. The third-order valence-corrected chi connectivity index (χ3v) is 18.7. The minimum absolute atomic E-state index is 0.0178. The number of rotatable bonds is 18. The second-order valence-corrected chi connectivity index (χ2v) is 22.2. The quantitative estimate of drug-likeness (QED) is 0.0307. The van der Waals surface area contributed by atoms with Gasteiger partial charge in [0.25, 0.3) is 5.91 Å². The van der Waals surface area contributed by atoms with Gasteiger partial charge in [-0.2, -0.15) is 0 Å². The average Bonchev–Trinajstić information content (AvgIpc) is 3.28. The monoisotopic (exact) mass is 903 g/mol. The Morgan fingerprint density at radius 1 is 0.831 bits per heavy atom. The normalized spacial score (nSPS) is 20.9. The van der Waals surface area contributed by atoms with Crippen molar-refractivity contribution in [2.24, 2.45) is 17.6 Å². The molecule has 1 heterocycles. The van der Waals surface area contributed by atoms with Gasteiger partial charge in [0, 0.05) is 31.3 Å². The fourth-order valence-corrected chi connectivity index (χ4v) is 15.4. The predicted molar refractivity (Wildman–Crippen MR) is 257 cm³/mol. The molecule has 0 unspecified atom stereocenters. The van der Waals surface area contributed by atoms with Crippen LogP contribution >= 0.6 is 7.26 Å². The number of nitrogens with two attached hydrogens (primary N) is 1. The summed E-state index contributed by atoms with van der Waals surface area (Å²) in [5.41, 5.74) is 3.70. The number of Topliss-reactive ketones (excluding diaryl/α,β-unsaturated/α-hetero) is 2. The number of aromatic nitrogens is 1. The van der Waals surface area contributed by atoms with E-state index in [-0.39, 0.29) is 42.0 Å². The SMILES string of the molecule is CN(C)c1cc(NC(=O)CCCCCCCCCC[PH](c2ccccc2)(c2ccccc2)c2ccccn2)c(O)c2c1C[C@H]1C[C@H]3[C@H](N(C)C)C(O)=C(C(N)=O)C(=O)[C@@]3(O)C(O)=C1C2=O. The molecule has 3 aliphatic rings. The number of hydrogen-bond donors (Lipinski definition) is 6. The smallest absolute Gasteiger partial charge is 0.255 e. The number of allylic oxidation sites excluding steroid dienone is 1. The number of ketones is 2. The molecule has 0 saturated carbocycles. The number of aliphatic hydroxyl groups is 3. The molecule has 344 valence electrons. The van der Waals surface area contributed by atoms with Crippen molar-refractivity contribution in [3.63, 3.8) is 0 Å². The van der Waals surface area contributed by atoms with Crippen LogP contribution in [0.1, 0.15) is 80.1 Å². The standard InChI is InChI=1S/C51H62N5O8P/c1-55(2)38-31-37(45(58)42-35(38)29-32-30-36-44(56(3)4)47(60)43(50(52)63)49(62)51(36,64)48(61)41(32)46(42)59)54-39(57)25-17-9-7-5-6-8-10-20-28-65(33-21-13-11-14-22-33,34-23-15-12-16-24-34)40-26-18-19-27-53-40/h11-16,18-19,21-24,26-27,31-32,36,44,58,60-61,64-65H,5-10,17,20,25,28-30H2,1-4H3,(H2,52,63)(H,54,57)/t32-,36-,44-,51-/m0/s1. The summed E-state index contributed by atoms with van der Waals surface area (Å²) >= 11 is 0. The van der Waals surface area contributed by atoms with Crippen LogP contribution < -0.4 is 32.0 Å². The van der Waals surface area contributed by atoms with Crippen LogP contribution in [0.3, 0.4) is 0 Å². The maximum atomic E-state index is 14.4. The van der Waals surface area contributed by atoms with Gasteiger partial charge >= 0.3 is 193 Å². The summed E-state index contributed by atoms with van der Waals surface area (Å²) in [6.45, 7) is 0. The van der Waals surface area contributed by atoms with Crippen LogP contribution in [0.15, 0.2) is 114 Å². The second kappa shape index (κ2) is 19.7. The number of carbonyl (C=O) groups is 4. The van der Waals surface area contributed by atoms with Gasteiger partial charge in [-0.25, -0.2) is 0 Å². The molecule has 7 rings (SSSR count). The summed E-state index contributed by atoms with van der Waals surface area (Å²) in [7, 11) is 4.37. The van der Waals surface area contributed by atoms with Crippen LogP contribution in [0.25, 0.3) is 0 Å². The molecule has 7 N–H and O–H groups in total. The number of aliphatic hydroxyl groups excluding tert-OH is 2. The molecule has 4 atom stereocenters. The minimum atomic E-state index is -2.74. The zero-order valence-corrected chi connectivity index (χ0v) is 38.7. The van der Waals surface area contributed by atoms with Gasteiger partial charge in [0.2, 0.25) is 5.78 Å². The number of benzene rings is 3. The van der Waals surface area contributed by atoms with Crippen molar-refractivity contribution in [2.75, 3.05) is 44.6 Å². The number of nitrogens with zero attached hydrogens (tertiary/aromatic N) is 3. The first-order chi connectivity index (χ1) is 31.1. The molecule has 0 fully saturated rings. The fraction of sp³-hybridized carbons (Fsp3) is 0.392. The number of primary amides is 1. The Balaban J connectivity index is 0.956. The first kappa shape index (κ1) is 47.1. The molecule has 4 aromatic rings. The van der Waals surface area contributed by atoms with Gasteiger partial charge in [-0.3, -0.25) is 19.3 Å². The number of anilines is 2. The van der Waals surface area contributed by atoms with Crippen molar-refractivity contribution < 1.29 is 39.6 Å². The Bertz CT molecular complexity index is 2400.